The lowest BCUT2D eigenvalue weighted by atomic mass is 10.2. The molecule has 16 heavy (non-hydrogen) atoms. The summed E-state index contributed by atoms with van der Waals surface area (Å²) in [4.78, 5) is 0. The van der Waals surface area contributed by atoms with Crippen molar-refractivity contribution in [2.45, 2.75) is 20.4 Å². The number of nitrogens with zero attached hydrogens (tertiary/aromatic N) is 2. The van der Waals surface area contributed by atoms with Gasteiger partial charge in [0.1, 0.15) is 0 Å². The minimum Gasteiger partial charge on any atom is -0.383 e. The summed E-state index contributed by atoms with van der Waals surface area (Å²) in [6.07, 6.45) is 2.01. The molecule has 2 aromatic rings. The Morgan fingerprint density at radius 1 is 1.25 bits per heavy atom. The van der Waals surface area contributed by atoms with Gasteiger partial charge < -0.3 is 5.32 Å². The van der Waals surface area contributed by atoms with Gasteiger partial charge in [-0.15, -0.1) is 0 Å². The van der Waals surface area contributed by atoms with Gasteiger partial charge in [0, 0.05) is 18.4 Å². The van der Waals surface area contributed by atoms with Crippen LogP contribution < -0.4 is 5.32 Å². The molecule has 1 aromatic carbocycles. The molecule has 0 fully saturated rings. The monoisotopic (exact) mass is 215 g/mol. The van der Waals surface area contributed by atoms with E-state index >= 15 is 0 Å². The summed E-state index contributed by atoms with van der Waals surface area (Å²) in [6.45, 7) is 5.89. The van der Waals surface area contributed by atoms with Gasteiger partial charge in [-0.3, -0.25) is 4.68 Å². The van der Waals surface area contributed by atoms with Crippen LogP contribution in [0.25, 0.3) is 0 Å². The zero-order valence-electron chi connectivity index (χ0n) is 9.77. The van der Waals surface area contributed by atoms with E-state index in [4.69, 9.17) is 0 Å². The molecule has 0 amide bonds. The van der Waals surface area contributed by atoms with Crippen LogP contribution in [0.2, 0.25) is 0 Å². The van der Waals surface area contributed by atoms with Gasteiger partial charge in [0.2, 0.25) is 0 Å². The molecule has 0 aliphatic rings. The van der Waals surface area contributed by atoms with E-state index < -0.39 is 0 Å². The Balaban J connectivity index is 1.84. The van der Waals surface area contributed by atoms with E-state index in [0.29, 0.717) is 0 Å². The molecule has 1 aromatic heterocycles. The van der Waals surface area contributed by atoms with Crippen LogP contribution in [0.15, 0.2) is 36.5 Å². The van der Waals surface area contributed by atoms with Crippen molar-refractivity contribution in [2.24, 2.45) is 0 Å². The van der Waals surface area contributed by atoms with Gasteiger partial charge in [-0.2, -0.15) is 5.10 Å². The van der Waals surface area contributed by atoms with Crippen LogP contribution in [-0.4, -0.2) is 16.3 Å². The van der Waals surface area contributed by atoms with Crippen molar-refractivity contribution in [2.75, 3.05) is 11.9 Å². The maximum Gasteiger partial charge on any atom is 0.0593 e. The van der Waals surface area contributed by atoms with Crippen molar-refractivity contribution in [3.63, 3.8) is 0 Å². The highest BCUT2D eigenvalue weighted by molar-refractivity contribution is 5.45. The first-order chi connectivity index (χ1) is 7.74. The maximum atomic E-state index is 4.34. The fourth-order valence-corrected chi connectivity index (χ4v) is 1.66. The van der Waals surface area contributed by atoms with Crippen LogP contribution in [0.5, 0.6) is 0 Å². The van der Waals surface area contributed by atoms with Gasteiger partial charge in [0.25, 0.3) is 0 Å². The van der Waals surface area contributed by atoms with Crippen LogP contribution in [0.3, 0.4) is 0 Å². The second-order valence-electron chi connectivity index (χ2n) is 4.02. The van der Waals surface area contributed by atoms with Crippen LogP contribution >= 0.6 is 0 Å². The van der Waals surface area contributed by atoms with Crippen LogP contribution in [0.1, 0.15) is 11.3 Å². The third-order valence-corrected chi connectivity index (χ3v) is 2.46. The Labute approximate surface area is 96.1 Å². The highest BCUT2D eigenvalue weighted by Gasteiger charge is 1.94. The standard InChI is InChI=1S/C13H17N3/c1-11-4-3-5-13(10-11)14-7-9-16-8-6-12(2)15-16/h3-6,8,10,14H,7,9H2,1-2H3. The molecule has 0 aliphatic carbocycles. The number of hydrogen-bond donors (Lipinski definition) is 1. The van der Waals surface area contributed by atoms with Crippen molar-refractivity contribution < 1.29 is 0 Å². The molecule has 0 radical (unpaired) electrons. The van der Waals surface area contributed by atoms with Gasteiger partial charge in [0.15, 0.2) is 0 Å². The predicted molar refractivity (Wildman–Crippen MR) is 66.6 cm³/mol. The molecule has 0 bridgehead atoms. The smallest absolute Gasteiger partial charge is 0.0593 e. The summed E-state index contributed by atoms with van der Waals surface area (Å²) < 4.78 is 1.96. The molecule has 3 nitrogen and oxygen atoms in total. The highest BCUT2D eigenvalue weighted by Crippen LogP contribution is 2.08. The first kappa shape index (κ1) is 10.7. The van der Waals surface area contributed by atoms with E-state index in [9.17, 15) is 0 Å². The number of rotatable bonds is 4. The molecule has 2 rings (SSSR count). The average molecular weight is 215 g/mol. The van der Waals surface area contributed by atoms with E-state index in [0.717, 1.165) is 18.8 Å². The number of anilines is 1. The zero-order chi connectivity index (χ0) is 11.4. The fraction of sp³-hybridized carbons (Fsp3) is 0.308. The molecule has 1 heterocycles. The van der Waals surface area contributed by atoms with Crippen molar-refractivity contribution in [1.29, 1.82) is 0 Å². The Hall–Kier alpha value is -1.77. The van der Waals surface area contributed by atoms with Gasteiger partial charge >= 0.3 is 0 Å². The maximum absolute atomic E-state index is 4.34. The summed E-state index contributed by atoms with van der Waals surface area (Å²) in [5, 5.41) is 7.72. The molecule has 0 aliphatic heterocycles. The molecule has 0 unspecified atom stereocenters. The number of aromatic nitrogens is 2. The largest absolute Gasteiger partial charge is 0.383 e. The van der Waals surface area contributed by atoms with Crippen molar-refractivity contribution in [3.05, 3.63) is 47.8 Å². The van der Waals surface area contributed by atoms with Gasteiger partial charge in [-0.25, -0.2) is 0 Å². The molecule has 1 N–H and O–H groups in total. The van der Waals surface area contributed by atoms with E-state index in [1.807, 2.05) is 23.9 Å². The van der Waals surface area contributed by atoms with Crippen LogP contribution in [-0.2, 0) is 6.54 Å². The lowest BCUT2D eigenvalue weighted by Crippen LogP contribution is -2.10. The first-order valence-corrected chi connectivity index (χ1v) is 5.54. The Morgan fingerprint density at radius 2 is 2.12 bits per heavy atom. The summed E-state index contributed by atoms with van der Waals surface area (Å²) in [5.74, 6) is 0. The van der Waals surface area contributed by atoms with E-state index in [2.05, 4.69) is 41.6 Å². The quantitative estimate of drug-likeness (QED) is 0.849. The second kappa shape index (κ2) is 4.84. The molecule has 0 atom stereocenters. The Kier molecular flexibility index (Phi) is 3.25. The molecular formula is C13H17N3. The lowest BCUT2D eigenvalue weighted by molar-refractivity contribution is 0.632. The molecular weight excluding hydrogens is 198 g/mol. The molecule has 3 heteroatoms. The molecule has 84 valence electrons. The number of benzene rings is 1. The number of aryl methyl sites for hydroxylation is 2. The zero-order valence-corrected chi connectivity index (χ0v) is 9.77. The van der Waals surface area contributed by atoms with Crippen molar-refractivity contribution in [3.8, 4) is 0 Å². The topological polar surface area (TPSA) is 29.9 Å². The minimum atomic E-state index is 0.891. The average Bonchev–Trinajstić information content (AvgIpc) is 2.64. The van der Waals surface area contributed by atoms with E-state index in [1.165, 1.54) is 11.3 Å². The normalized spacial score (nSPS) is 10.4. The highest BCUT2D eigenvalue weighted by atomic mass is 15.3. The lowest BCUT2D eigenvalue weighted by Gasteiger charge is -2.07. The van der Waals surface area contributed by atoms with Crippen molar-refractivity contribution >= 4 is 5.69 Å². The Morgan fingerprint density at radius 3 is 2.81 bits per heavy atom. The van der Waals surface area contributed by atoms with Crippen LogP contribution in [0, 0.1) is 13.8 Å². The van der Waals surface area contributed by atoms with Gasteiger partial charge in [0.05, 0.1) is 12.2 Å². The Bertz CT molecular complexity index is 460. The number of hydrogen-bond acceptors (Lipinski definition) is 2. The van der Waals surface area contributed by atoms with E-state index in [-0.39, 0.29) is 0 Å². The summed E-state index contributed by atoms with van der Waals surface area (Å²) in [7, 11) is 0. The third-order valence-electron chi connectivity index (χ3n) is 2.46. The van der Waals surface area contributed by atoms with E-state index in [1.54, 1.807) is 0 Å². The van der Waals surface area contributed by atoms with Crippen molar-refractivity contribution in [1.82, 2.24) is 9.78 Å². The second-order valence-corrected chi connectivity index (χ2v) is 4.02. The molecule has 0 saturated heterocycles. The van der Waals surface area contributed by atoms with Crippen LogP contribution in [0.4, 0.5) is 5.69 Å². The van der Waals surface area contributed by atoms with Gasteiger partial charge in [-0.05, 0) is 37.6 Å². The fourth-order valence-electron chi connectivity index (χ4n) is 1.66. The summed E-state index contributed by atoms with van der Waals surface area (Å²) in [5.41, 5.74) is 3.51. The summed E-state index contributed by atoms with van der Waals surface area (Å²) >= 11 is 0. The SMILES string of the molecule is Cc1cccc(NCCn2ccc(C)n2)c1. The van der Waals surface area contributed by atoms with Gasteiger partial charge in [-0.1, -0.05) is 12.1 Å². The minimum absolute atomic E-state index is 0.891. The first-order valence-electron chi connectivity index (χ1n) is 5.54. The third kappa shape index (κ3) is 2.86. The summed E-state index contributed by atoms with van der Waals surface area (Å²) in [6, 6.07) is 10.4. The number of nitrogens with one attached hydrogen (secondary N) is 1. The molecule has 0 spiro atoms. The predicted octanol–water partition coefficient (Wildman–Crippen LogP) is 2.61. The molecule has 0 saturated carbocycles.